The molecule has 7 nitrogen and oxygen atoms in total. The summed E-state index contributed by atoms with van der Waals surface area (Å²) in [4.78, 5) is 30.1. The number of hydrogen-bond donors (Lipinski definition) is 1. The number of carbonyl (C=O) groups excluding carboxylic acids is 2. The number of rotatable bonds is 7. The second-order valence-electron chi connectivity index (χ2n) is 7.02. The van der Waals surface area contributed by atoms with Gasteiger partial charge in [-0.05, 0) is 50.5 Å². The van der Waals surface area contributed by atoms with Crippen LogP contribution in [0.3, 0.4) is 0 Å². The number of benzene rings is 1. The van der Waals surface area contributed by atoms with Crippen LogP contribution in [0.1, 0.15) is 36.0 Å². The molecule has 1 aliphatic heterocycles. The largest absolute Gasteiger partial charge is 0.487 e. The van der Waals surface area contributed by atoms with Crippen LogP contribution in [-0.2, 0) is 16.1 Å². The average Bonchev–Trinajstić information content (AvgIpc) is 3.17. The third-order valence-corrected chi connectivity index (χ3v) is 5.53. The summed E-state index contributed by atoms with van der Waals surface area (Å²) < 4.78 is 10.8. The van der Waals surface area contributed by atoms with Gasteiger partial charge in [-0.25, -0.2) is 9.78 Å². The lowest BCUT2D eigenvalue weighted by molar-refractivity contribution is -0.117. The van der Waals surface area contributed by atoms with Crippen molar-refractivity contribution in [1.29, 1.82) is 0 Å². The standard InChI is InChI=1S/C22H27N3O4S/c1-3-28-22(27)25-11-9-18(10-12-25)24-21(26)8-7-17-5-4-6-20(13-17)29-14-19-15-30-16(2)23-19/h4-8,13,15,18H,3,9-12,14H2,1-2H3,(H,24,26). The van der Waals surface area contributed by atoms with Crippen molar-refractivity contribution in [3.63, 3.8) is 0 Å². The van der Waals surface area contributed by atoms with Gasteiger partial charge in [0.2, 0.25) is 5.91 Å². The molecular weight excluding hydrogens is 402 g/mol. The predicted octanol–water partition coefficient (Wildman–Crippen LogP) is 3.78. The Morgan fingerprint density at radius 3 is 2.83 bits per heavy atom. The van der Waals surface area contributed by atoms with Crippen LogP contribution in [0.4, 0.5) is 4.79 Å². The summed E-state index contributed by atoms with van der Waals surface area (Å²) in [7, 11) is 0. The van der Waals surface area contributed by atoms with E-state index < -0.39 is 0 Å². The van der Waals surface area contributed by atoms with Crippen LogP contribution in [-0.4, -0.2) is 47.6 Å². The lowest BCUT2D eigenvalue weighted by Crippen LogP contribution is -2.46. The van der Waals surface area contributed by atoms with Gasteiger partial charge in [-0.1, -0.05) is 12.1 Å². The molecule has 0 bridgehead atoms. The summed E-state index contributed by atoms with van der Waals surface area (Å²) in [5.74, 6) is 0.586. The second-order valence-corrected chi connectivity index (χ2v) is 8.08. The first-order chi connectivity index (χ1) is 14.5. The number of amides is 2. The van der Waals surface area contributed by atoms with Crippen LogP contribution >= 0.6 is 11.3 Å². The Hall–Kier alpha value is -2.87. The molecule has 0 atom stereocenters. The zero-order valence-corrected chi connectivity index (χ0v) is 18.1. The summed E-state index contributed by atoms with van der Waals surface area (Å²) in [5.41, 5.74) is 1.79. The van der Waals surface area contributed by atoms with Gasteiger partial charge in [0.05, 0.1) is 17.3 Å². The Morgan fingerprint density at radius 2 is 2.13 bits per heavy atom. The van der Waals surface area contributed by atoms with E-state index in [1.165, 1.54) is 6.08 Å². The number of hydrogen-bond acceptors (Lipinski definition) is 6. The zero-order valence-electron chi connectivity index (χ0n) is 17.3. The Balaban J connectivity index is 1.45. The first-order valence-electron chi connectivity index (χ1n) is 10.1. The molecule has 2 heterocycles. The van der Waals surface area contributed by atoms with Crippen LogP contribution in [0.25, 0.3) is 6.08 Å². The highest BCUT2D eigenvalue weighted by molar-refractivity contribution is 7.09. The molecule has 3 rings (SSSR count). The number of nitrogens with zero attached hydrogens (tertiary/aromatic N) is 2. The highest BCUT2D eigenvalue weighted by atomic mass is 32.1. The summed E-state index contributed by atoms with van der Waals surface area (Å²) in [5, 5.41) is 6.00. The molecule has 0 aliphatic carbocycles. The molecule has 1 aromatic carbocycles. The van der Waals surface area contributed by atoms with Gasteiger partial charge >= 0.3 is 6.09 Å². The SMILES string of the molecule is CCOC(=O)N1CCC(NC(=O)C=Cc2cccc(OCc3csc(C)n3)c2)CC1. The fraction of sp³-hybridized carbons (Fsp3) is 0.409. The van der Waals surface area contributed by atoms with Gasteiger partial charge in [0, 0.05) is 30.6 Å². The van der Waals surface area contributed by atoms with Crippen LogP contribution in [0.2, 0.25) is 0 Å². The minimum Gasteiger partial charge on any atom is -0.487 e. The van der Waals surface area contributed by atoms with Crippen molar-refractivity contribution < 1.29 is 19.1 Å². The second kappa shape index (κ2) is 10.8. The third-order valence-electron chi connectivity index (χ3n) is 4.71. The molecular formula is C22H27N3O4S. The Morgan fingerprint density at radius 1 is 1.33 bits per heavy atom. The zero-order chi connectivity index (χ0) is 21.3. The first kappa shape index (κ1) is 21.8. The molecule has 1 saturated heterocycles. The molecule has 30 heavy (non-hydrogen) atoms. The molecule has 0 spiro atoms. The van der Waals surface area contributed by atoms with E-state index in [9.17, 15) is 9.59 Å². The van der Waals surface area contributed by atoms with Gasteiger partial charge in [0.15, 0.2) is 0 Å². The molecule has 1 aromatic heterocycles. The van der Waals surface area contributed by atoms with Gasteiger partial charge < -0.3 is 19.7 Å². The maximum atomic E-state index is 12.3. The number of nitrogens with one attached hydrogen (secondary N) is 1. The van der Waals surface area contributed by atoms with Gasteiger partial charge in [0.1, 0.15) is 12.4 Å². The maximum absolute atomic E-state index is 12.3. The van der Waals surface area contributed by atoms with E-state index in [1.807, 2.05) is 36.6 Å². The van der Waals surface area contributed by atoms with Crippen molar-refractivity contribution in [1.82, 2.24) is 15.2 Å². The number of thiazole rings is 1. The molecule has 1 aliphatic rings. The fourth-order valence-corrected chi connectivity index (χ4v) is 3.78. The van der Waals surface area contributed by atoms with E-state index in [4.69, 9.17) is 9.47 Å². The number of aryl methyl sites for hydroxylation is 1. The van der Waals surface area contributed by atoms with Gasteiger partial charge in [0.25, 0.3) is 0 Å². The minimum atomic E-state index is -0.283. The Labute approximate surface area is 180 Å². The van der Waals surface area contributed by atoms with Crippen LogP contribution < -0.4 is 10.1 Å². The number of likely N-dealkylation sites (tertiary alicyclic amines) is 1. The van der Waals surface area contributed by atoms with Gasteiger partial charge in [-0.15, -0.1) is 11.3 Å². The highest BCUT2D eigenvalue weighted by Crippen LogP contribution is 2.17. The fourth-order valence-electron chi connectivity index (χ4n) is 3.18. The molecule has 2 aromatic rings. The van der Waals surface area contributed by atoms with E-state index in [2.05, 4.69) is 10.3 Å². The van der Waals surface area contributed by atoms with E-state index in [0.717, 1.165) is 34.9 Å². The topological polar surface area (TPSA) is 80.8 Å². The average molecular weight is 430 g/mol. The molecule has 0 unspecified atom stereocenters. The molecule has 8 heteroatoms. The lowest BCUT2D eigenvalue weighted by Gasteiger charge is -2.31. The highest BCUT2D eigenvalue weighted by Gasteiger charge is 2.23. The molecule has 2 amide bonds. The smallest absolute Gasteiger partial charge is 0.409 e. The number of ether oxygens (including phenoxy) is 2. The van der Waals surface area contributed by atoms with E-state index in [0.29, 0.717) is 26.3 Å². The van der Waals surface area contributed by atoms with Crippen LogP contribution in [0, 0.1) is 6.92 Å². The first-order valence-corrected chi connectivity index (χ1v) is 11.0. The Kier molecular flexibility index (Phi) is 7.84. The van der Waals surface area contributed by atoms with Crippen LogP contribution in [0.5, 0.6) is 5.75 Å². The van der Waals surface area contributed by atoms with Gasteiger partial charge in [-0.2, -0.15) is 0 Å². The maximum Gasteiger partial charge on any atom is 0.409 e. The van der Waals surface area contributed by atoms with Crippen molar-refractivity contribution in [2.75, 3.05) is 19.7 Å². The summed E-state index contributed by atoms with van der Waals surface area (Å²) in [6, 6.07) is 7.64. The van der Waals surface area contributed by atoms with Gasteiger partial charge in [-0.3, -0.25) is 4.79 Å². The predicted molar refractivity (Wildman–Crippen MR) is 116 cm³/mol. The molecule has 0 radical (unpaired) electrons. The third kappa shape index (κ3) is 6.59. The van der Waals surface area contributed by atoms with Crippen molar-refractivity contribution in [2.24, 2.45) is 0 Å². The number of carbonyl (C=O) groups is 2. The number of aromatic nitrogens is 1. The Bertz CT molecular complexity index is 888. The van der Waals surface area contributed by atoms with Crippen molar-refractivity contribution >= 4 is 29.4 Å². The lowest BCUT2D eigenvalue weighted by atomic mass is 10.1. The monoisotopic (exact) mass is 429 g/mol. The van der Waals surface area contributed by atoms with Crippen molar-refractivity contribution in [2.45, 2.75) is 39.3 Å². The van der Waals surface area contributed by atoms with Crippen LogP contribution in [0.15, 0.2) is 35.7 Å². The normalized spacial score (nSPS) is 14.7. The number of piperidine rings is 1. The van der Waals surface area contributed by atoms with E-state index >= 15 is 0 Å². The van der Waals surface area contributed by atoms with Crippen molar-refractivity contribution in [3.8, 4) is 5.75 Å². The summed E-state index contributed by atoms with van der Waals surface area (Å²) in [6.07, 6.45) is 4.45. The summed E-state index contributed by atoms with van der Waals surface area (Å²) in [6.45, 7) is 5.73. The van der Waals surface area contributed by atoms with Crippen molar-refractivity contribution in [3.05, 3.63) is 52.0 Å². The molecule has 0 saturated carbocycles. The molecule has 1 fully saturated rings. The van der Waals surface area contributed by atoms with E-state index in [-0.39, 0.29) is 18.0 Å². The quantitative estimate of drug-likeness (QED) is 0.678. The molecule has 160 valence electrons. The molecule has 1 N–H and O–H groups in total. The summed E-state index contributed by atoms with van der Waals surface area (Å²) >= 11 is 1.60. The minimum absolute atomic E-state index is 0.0593. The van der Waals surface area contributed by atoms with E-state index in [1.54, 1.807) is 29.2 Å².